The number of carboxylic acid groups (broad SMARTS) is 1. The maximum atomic E-state index is 12.9. The highest BCUT2D eigenvalue weighted by atomic mass is 16.7. The van der Waals surface area contributed by atoms with E-state index in [1.54, 1.807) is 0 Å². The van der Waals surface area contributed by atoms with Gasteiger partial charge >= 0.3 is 17.9 Å². The van der Waals surface area contributed by atoms with Crippen LogP contribution in [0.4, 0.5) is 0 Å². The van der Waals surface area contributed by atoms with E-state index in [2.05, 4.69) is 62.5 Å². The normalized spacial score (nSPS) is 13.0. The van der Waals surface area contributed by atoms with E-state index in [-0.39, 0.29) is 32.2 Å². The monoisotopic (exact) mass is 1140 g/mol. The first kappa shape index (κ1) is 78.2. The van der Waals surface area contributed by atoms with E-state index in [0.29, 0.717) is 17.4 Å². The van der Waals surface area contributed by atoms with Gasteiger partial charge in [0.25, 0.3) is 6.29 Å². The number of nitrogens with zero attached hydrogens (tertiary/aromatic N) is 1. The van der Waals surface area contributed by atoms with Crippen molar-refractivity contribution in [2.45, 2.75) is 347 Å². The Morgan fingerprint density at radius 3 is 1.05 bits per heavy atom. The average molecular weight is 1140 g/mol. The number of quaternary nitrogens is 1. The summed E-state index contributed by atoms with van der Waals surface area (Å²) in [4.78, 5) is 37.6. The third-order valence-corrected chi connectivity index (χ3v) is 15.6. The Kier molecular flexibility index (Phi) is 61.1. The number of hydrogen-bond acceptors (Lipinski definition) is 7. The molecule has 9 nitrogen and oxygen atoms in total. The fraction of sp³-hybridized carbons (Fsp3) is 0.847. The second kappa shape index (κ2) is 63.3. The van der Waals surface area contributed by atoms with Gasteiger partial charge in [0.2, 0.25) is 0 Å². The molecule has 0 heterocycles. The quantitative estimate of drug-likeness (QED) is 0.0211. The van der Waals surface area contributed by atoms with Crippen molar-refractivity contribution in [3.05, 3.63) is 48.6 Å². The second-order valence-corrected chi connectivity index (χ2v) is 24.8. The summed E-state index contributed by atoms with van der Waals surface area (Å²) in [5.74, 6) is -1.99. The molecule has 0 aliphatic heterocycles. The third kappa shape index (κ3) is 64.7. The van der Waals surface area contributed by atoms with Gasteiger partial charge in [-0.15, -0.1) is 0 Å². The van der Waals surface area contributed by atoms with Crippen molar-refractivity contribution in [2.75, 3.05) is 47.5 Å². The first-order valence-electron chi connectivity index (χ1n) is 34.8. The van der Waals surface area contributed by atoms with E-state index < -0.39 is 24.3 Å². The first-order chi connectivity index (χ1) is 39.6. The fourth-order valence-corrected chi connectivity index (χ4v) is 10.3. The zero-order valence-electron chi connectivity index (χ0n) is 54.2. The number of carbonyl (C=O) groups is 3. The molecule has 0 saturated carbocycles. The van der Waals surface area contributed by atoms with E-state index in [0.717, 1.165) is 64.2 Å². The fourth-order valence-electron chi connectivity index (χ4n) is 10.3. The molecule has 474 valence electrons. The van der Waals surface area contributed by atoms with Gasteiger partial charge in [-0.05, 0) is 51.4 Å². The predicted molar refractivity (Wildman–Crippen MR) is 346 cm³/mol. The third-order valence-electron chi connectivity index (χ3n) is 15.6. The molecule has 0 aliphatic carbocycles. The zero-order valence-corrected chi connectivity index (χ0v) is 54.2. The van der Waals surface area contributed by atoms with Crippen LogP contribution >= 0.6 is 0 Å². The summed E-state index contributed by atoms with van der Waals surface area (Å²) < 4.78 is 23.0. The van der Waals surface area contributed by atoms with E-state index in [4.69, 9.17) is 18.9 Å². The van der Waals surface area contributed by atoms with Crippen LogP contribution in [-0.4, -0.2) is 87.4 Å². The molecule has 1 N–H and O–H groups in total. The standard InChI is InChI=1S/C72H133NO8/c1-6-8-10-12-14-16-18-20-22-24-26-28-30-32-33-34-35-36-37-39-40-42-44-46-48-50-52-54-56-58-60-62-69(74)79-66-68(67-80-72(71(76)77)78-65-64-73(3,4)5)81-70(75)63-61-59-57-55-53-51-49-47-45-43-41-38-31-29-27-25-23-21-19-17-15-13-11-9-7-2/h9,11,15,17,21,23,27,29,68,72H,6-8,10,12-14,16,18-20,22,24-26,28,30-67H2,1-5H3/p+1/b11-9-,17-15-,23-21-,29-27-. The summed E-state index contributed by atoms with van der Waals surface area (Å²) in [6, 6.07) is 0. The molecular weight excluding hydrogens is 1010 g/mol. The number of carbonyl (C=O) groups excluding carboxylic acids is 2. The lowest BCUT2D eigenvalue weighted by Gasteiger charge is -2.25. The maximum Gasteiger partial charge on any atom is 0.361 e. The van der Waals surface area contributed by atoms with Crippen LogP contribution < -0.4 is 0 Å². The van der Waals surface area contributed by atoms with Gasteiger partial charge in [-0.3, -0.25) is 9.59 Å². The van der Waals surface area contributed by atoms with Crippen molar-refractivity contribution in [1.29, 1.82) is 0 Å². The molecule has 9 heteroatoms. The summed E-state index contributed by atoms with van der Waals surface area (Å²) in [7, 11) is 5.98. The Morgan fingerprint density at radius 2 is 0.704 bits per heavy atom. The number of unbranched alkanes of at least 4 members (excludes halogenated alkanes) is 42. The lowest BCUT2D eigenvalue weighted by Crippen LogP contribution is -2.40. The van der Waals surface area contributed by atoms with E-state index in [1.807, 2.05) is 21.1 Å². The molecule has 0 rings (SSSR count). The Bertz CT molecular complexity index is 1470. The molecule has 2 atom stereocenters. The molecule has 0 bridgehead atoms. The smallest absolute Gasteiger partial charge is 0.361 e. The number of esters is 2. The van der Waals surface area contributed by atoms with Crippen molar-refractivity contribution in [2.24, 2.45) is 0 Å². The van der Waals surface area contributed by atoms with Crippen LogP contribution in [-0.2, 0) is 33.3 Å². The number of likely N-dealkylation sites (N-methyl/N-ethyl adjacent to an activating group) is 1. The SMILES string of the molecule is CC/C=C\C/C=C\C/C=C\C/C=C\CCCCCCCCCCCCCCC(=O)OC(COC(=O)CCCCCCCCCCCCCCCCCCCCCCCCCCCCCCCCC)COC(OCC[N+](C)(C)C)C(=O)O. The number of ether oxygens (including phenoxy) is 4. The van der Waals surface area contributed by atoms with Gasteiger partial charge in [-0.2, -0.15) is 0 Å². The molecule has 0 saturated heterocycles. The maximum absolute atomic E-state index is 12.9. The van der Waals surface area contributed by atoms with Crippen LogP contribution in [0.15, 0.2) is 48.6 Å². The second-order valence-electron chi connectivity index (χ2n) is 24.8. The Balaban J connectivity index is 4.06. The number of hydrogen-bond donors (Lipinski definition) is 1. The molecule has 2 unspecified atom stereocenters. The topological polar surface area (TPSA) is 108 Å². The number of aliphatic carboxylic acids is 1. The molecule has 0 aliphatic rings. The molecule has 0 radical (unpaired) electrons. The van der Waals surface area contributed by atoms with E-state index in [9.17, 15) is 19.5 Å². The molecule has 81 heavy (non-hydrogen) atoms. The lowest BCUT2D eigenvalue weighted by molar-refractivity contribution is -0.870. The Hall–Kier alpha value is -2.75. The Morgan fingerprint density at radius 1 is 0.383 bits per heavy atom. The summed E-state index contributed by atoms with van der Waals surface area (Å²) in [5, 5.41) is 9.74. The zero-order chi connectivity index (χ0) is 59.1. The molecule has 0 fully saturated rings. The van der Waals surface area contributed by atoms with Gasteiger partial charge in [0.05, 0.1) is 34.4 Å². The summed E-state index contributed by atoms with van der Waals surface area (Å²) in [5.41, 5.74) is 0. The largest absolute Gasteiger partial charge is 0.477 e. The number of rotatable bonds is 65. The highest BCUT2D eigenvalue weighted by molar-refractivity contribution is 5.71. The number of carboxylic acids is 1. The van der Waals surface area contributed by atoms with Crippen LogP contribution in [0.5, 0.6) is 0 Å². The van der Waals surface area contributed by atoms with E-state index in [1.165, 1.54) is 244 Å². The summed E-state index contributed by atoms with van der Waals surface area (Å²) in [6.07, 6.45) is 78.0. The minimum atomic E-state index is -1.51. The van der Waals surface area contributed by atoms with Crippen molar-refractivity contribution in [3.63, 3.8) is 0 Å². The van der Waals surface area contributed by atoms with Crippen LogP contribution in [0.3, 0.4) is 0 Å². The highest BCUT2D eigenvalue weighted by Gasteiger charge is 2.25. The van der Waals surface area contributed by atoms with Gasteiger partial charge < -0.3 is 28.5 Å². The molecule has 0 amide bonds. The van der Waals surface area contributed by atoms with Crippen LogP contribution in [0.25, 0.3) is 0 Å². The first-order valence-corrected chi connectivity index (χ1v) is 34.8. The lowest BCUT2D eigenvalue weighted by atomic mass is 10.0. The highest BCUT2D eigenvalue weighted by Crippen LogP contribution is 2.19. The van der Waals surface area contributed by atoms with Gasteiger partial charge in [0, 0.05) is 12.8 Å². The van der Waals surface area contributed by atoms with Crippen molar-refractivity contribution >= 4 is 17.9 Å². The molecule has 0 spiro atoms. The van der Waals surface area contributed by atoms with Crippen LogP contribution in [0.1, 0.15) is 335 Å². The van der Waals surface area contributed by atoms with Crippen LogP contribution in [0, 0.1) is 0 Å². The van der Waals surface area contributed by atoms with Crippen molar-refractivity contribution in [3.8, 4) is 0 Å². The van der Waals surface area contributed by atoms with Gasteiger partial charge in [0.1, 0.15) is 13.2 Å². The average Bonchev–Trinajstić information content (AvgIpc) is 3.44. The van der Waals surface area contributed by atoms with Crippen LogP contribution in [0.2, 0.25) is 0 Å². The summed E-state index contributed by atoms with van der Waals surface area (Å²) >= 11 is 0. The molecule has 0 aromatic carbocycles. The van der Waals surface area contributed by atoms with Crippen molar-refractivity contribution < 1.29 is 42.9 Å². The van der Waals surface area contributed by atoms with E-state index >= 15 is 0 Å². The van der Waals surface area contributed by atoms with Gasteiger partial charge in [0.15, 0.2) is 6.10 Å². The van der Waals surface area contributed by atoms with Gasteiger partial charge in [-0.1, -0.05) is 319 Å². The summed E-state index contributed by atoms with van der Waals surface area (Å²) in [6.45, 7) is 4.82. The minimum Gasteiger partial charge on any atom is -0.477 e. The number of allylic oxidation sites excluding steroid dienone is 8. The van der Waals surface area contributed by atoms with Gasteiger partial charge in [-0.25, -0.2) is 4.79 Å². The van der Waals surface area contributed by atoms with Crippen molar-refractivity contribution in [1.82, 2.24) is 0 Å². The molecule has 0 aromatic heterocycles. The predicted octanol–water partition coefficient (Wildman–Crippen LogP) is 21.4. The minimum absolute atomic E-state index is 0.179. The Labute approximate surface area is 502 Å². The molecule has 0 aromatic rings. The molecular formula is C72H134NO8+.